The zero-order chi connectivity index (χ0) is 15.8. The summed E-state index contributed by atoms with van der Waals surface area (Å²) in [4.78, 5) is 11.2. The van der Waals surface area contributed by atoms with Gasteiger partial charge in [-0.05, 0) is 43.5 Å². The molecule has 21 heavy (non-hydrogen) atoms. The van der Waals surface area contributed by atoms with E-state index >= 15 is 0 Å². The average molecular weight is 315 g/mol. The highest BCUT2D eigenvalue weighted by atomic mass is 32.2. The van der Waals surface area contributed by atoms with Crippen LogP contribution in [0.25, 0.3) is 0 Å². The van der Waals surface area contributed by atoms with Gasteiger partial charge in [0.1, 0.15) is 5.82 Å². The smallest absolute Gasteiger partial charge is 0.308 e. The minimum atomic E-state index is -3.80. The van der Waals surface area contributed by atoms with Crippen molar-refractivity contribution in [1.82, 2.24) is 4.31 Å². The first-order valence-corrected chi connectivity index (χ1v) is 8.23. The number of carboxylic acid groups (broad SMARTS) is 1. The van der Waals surface area contributed by atoms with Gasteiger partial charge in [-0.1, -0.05) is 6.92 Å². The quantitative estimate of drug-likeness (QED) is 0.922. The molecule has 1 aliphatic rings. The van der Waals surface area contributed by atoms with Crippen molar-refractivity contribution in [2.45, 2.75) is 37.6 Å². The Bertz CT molecular complexity index is 659. The van der Waals surface area contributed by atoms with Crippen LogP contribution in [0.1, 0.15) is 25.3 Å². The molecule has 116 valence electrons. The first-order chi connectivity index (χ1) is 9.78. The Kier molecular flexibility index (Phi) is 4.34. The molecular formula is C14H18FNO4S. The summed E-state index contributed by atoms with van der Waals surface area (Å²) in [5.41, 5.74) is 0.248. The Hall–Kier alpha value is -1.47. The third-order valence-corrected chi connectivity index (χ3v) is 5.89. The number of hydrogen-bond donors (Lipinski definition) is 1. The van der Waals surface area contributed by atoms with Gasteiger partial charge >= 0.3 is 5.97 Å². The number of hydrogen-bond acceptors (Lipinski definition) is 3. The highest BCUT2D eigenvalue weighted by Gasteiger charge is 2.43. The van der Waals surface area contributed by atoms with Gasteiger partial charge in [0.15, 0.2) is 0 Å². The normalized spacial score (nSPS) is 23.4. The van der Waals surface area contributed by atoms with Crippen LogP contribution in [0, 0.1) is 18.7 Å². The van der Waals surface area contributed by atoms with Crippen molar-refractivity contribution in [3.63, 3.8) is 0 Å². The molecule has 1 N–H and O–H groups in total. The molecule has 0 aliphatic carbocycles. The summed E-state index contributed by atoms with van der Waals surface area (Å²) in [5, 5.41) is 9.18. The van der Waals surface area contributed by atoms with Gasteiger partial charge in [0, 0.05) is 12.6 Å². The summed E-state index contributed by atoms with van der Waals surface area (Å²) in [6.45, 7) is 3.44. The maximum absolute atomic E-state index is 13.3. The molecule has 2 atom stereocenters. The zero-order valence-corrected chi connectivity index (χ0v) is 12.7. The second-order valence-electron chi connectivity index (χ2n) is 5.24. The van der Waals surface area contributed by atoms with E-state index in [1.165, 1.54) is 23.4 Å². The van der Waals surface area contributed by atoms with E-state index in [1.54, 1.807) is 6.92 Å². The van der Waals surface area contributed by atoms with Crippen molar-refractivity contribution in [2.24, 2.45) is 5.92 Å². The zero-order valence-electron chi connectivity index (χ0n) is 11.9. The molecule has 1 fully saturated rings. The number of rotatable bonds is 4. The van der Waals surface area contributed by atoms with Crippen LogP contribution in [0.4, 0.5) is 4.39 Å². The van der Waals surface area contributed by atoms with Crippen LogP contribution in [0.5, 0.6) is 0 Å². The summed E-state index contributed by atoms with van der Waals surface area (Å²) in [6, 6.07) is 3.07. The predicted molar refractivity (Wildman–Crippen MR) is 74.9 cm³/mol. The van der Waals surface area contributed by atoms with Crippen molar-refractivity contribution in [3.8, 4) is 0 Å². The highest BCUT2D eigenvalue weighted by molar-refractivity contribution is 7.89. The molecule has 0 radical (unpaired) electrons. The summed E-state index contributed by atoms with van der Waals surface area (Å²) in [6.07, 6.45) is 0.726. The lowest BCUT2D eigenvalue weighted by Crippen LogP contribution is -2.39. The van der Waals surface area contributed by atoms with Crippen molar-refractivity contribution in [3.05, 3.63) is 29.6 Å². The lowest BCUT2D eigenvalue weighted by atomic mass is 9.99. The molecular weight excluding hydrogens is 297 g/mol. The number of sulfonamides is 1. The molecule has 1 saturated heterocycles. The molecule has 5 nitrogen and oxygen atoms in total. The topological polar surface area (TPSA) is 74.7 Å². The lowest BCUT2D eigenvalue weighted by Gasteiger charge is -2.25. The maximum atomic E-state index is 13.3. The minimum absolute atomic E-state index is 0.00545. The minimum Gasteiger partial charge on any atom is -0.481 e. The van der Waals surface area contributed by atoms with E-state index in [9.17, 15) is 22.7 Å². The van der Waals surface area contributed by atoms with Gasteiger partial charge in [0.25, 0.3) is 0 Å². The molecule has 2 rings (SSSR count). The van der Waals surface area contributed by atoms with Crippen LogP contribution in [-0.4, -0.2) is 36.4 Å². The van der Waals surface area contributed by atoms with Gasteiger partial charge in [0.2, 0.25) is 10.0 Å². The third kappa shape index (κ3) is 2.80. The summed E-state index contributed by atoms with van der Waals surface area (Å²) in [5.74, 6) is -2.13. The Morgan fingerprint density at radius 2 is 2.14 bits per heavy atom. The fraction of sp³-hybridized carbons (Fsp3) is 0.500. The van der Waals surface area contributed by atoms with Crippen LogP contribution in [-0.2, 0) is 14.8 Å². The summed E-state index contributed by atoms with van der Waals surface area (Å²) >= 11 is 0. The number of aryl methyl sites for hydroxylation is 1. The van der Waals surface area contributed by atoms with Crippen molar-refractivity contribution >= 4 is 16.0 Å². The fourth-order valence-electron chi connectivity index (χ4n) is 2.81. The molecule has 1 aliphatic heterocycles. The molecule has 7 heteroatoms. The number of benzene rings is 1. The Balaban J connectivity index is 2.39. The SMILES string of the molecule is CCC1C(C(=O)O)CCN1S(=O)(=O)c1ccc(F)c(C)c1. The van der Waals surface area contributed by atoms with E-state index in [4.69, 9.17) is 0 Å². The van der Waals surface area contributed by atoms with Crippen molar-refractivity contribution < 1.29 is 22.7 Å². The second-order valence-corrected chi connectivity index (χ2v) is 7.13. The van der Waals surface area contributed by atoms with Crippen LogP contribution in [0.15, 0.2) is 23.1 Å². The summed E-state index contributed by atoms with van der Waals surface area (Å²) in [7, 11) is -3.80. The monoisotopic (exact) mass is 315 g/mol. The number of halogens is 1. The van der Waals surface area contributed by atoms with Gasteiger partial charge in [-0.15, -0.1) is 0 Å². The molecule has 1 aromatic rings. The standard InChI is InChI=1S/C14H18FNO4S/c1-3-13-11(14(17)18)6-7-16(13)21(19,20)10-4-5-12(15)9(2)8-10/h4-5,8,11,13H,3,6-7H2,1-2H3,(H,17,18). The van der Waals surface area contributed by atoms with Gasteiger partial charge in [-0.2, -0.15) is 4.31 Å². The predicted octanol–water partition coefficient (Wildman–Crippen LogP) is 2.01. The number of aliphatic carboxylic acids is 1. The van der Waals surface area contributed by atoms with E-state index in [1.807, 2.05) is 0 Å². The second kappa shape index (κ2) is 5.73. The molecule has 1 heterocycles. The van der Waals surface area contributed by atoms with Gasteiger partial charge in [-0.25, -0.2) is 12.8 Å². The van der Waals surface area contributed by atoms with Gasteiger partial charge in [-0.3, -0.25) is 4.79 Å². The van der Waals surface area contributed by atoms with Gasteiger partial charge in [0.05, 0.1) is 10.8 Å². The molecule has 0 bridgehead atoms. The maximum Gasteiger partial charge on any atom is 0.308 e. The molecule has 0 amide bonds. The molecule has 0 aromatic heterocycles. The van der Waals surface area contributed by atoms with Crippen LogP contribution >= 0.6 is 0 Å². The van der Waals surface area contributed by atoms with Crippen LogP contribution in [0.2, 0.25) is 0 Å². The van der Waals surface area contributed by atoms with E-state index in [0.29, 0.717) is 12.8 Å². The third-order valence-electron chi connectivity index (χ3n) is 3.97. The van der Waals surface area contributed by atoms with Crippen LogP contribution < -0.4 is 0 Å². The Labute approximate surface area is 123 Å². The van der Waals surface area contributed by atoms with E-state index in [-0.39, 0.29) is 17.0 Å². The number of carboxylic acids is 1. The average Bonchev–Trinajstić information content (AvgIpc) is 2.86. The van der Waals surface area contributed by atoms with E-state index < -0.39 is 33.8 Å². The molecule has 2 unspecified atom stereocenters. The number of nitrogens with zero attached hydrogens (tertiary/aromatic N) is 1. The molecule has 1 aromatic carbocycles. The summed E-state index contributed by atoms with van der Waals surface area (Å²) < 4.78 is 39.8. The molecule has 0 spiro atoms. The fourth-order valence-corrected chi connectivity index (χ4v) is 4.65. The van der Waals surface area contributed by atoms with E-state index in [0.717, 1.165) is 6.07 Å². The van der Waals surface area contributed by atoms with Crippen molar-refractivity contribution in [1.29, 1.82) is 0 Å². The van der Waals surface area contributed by atoms with Crippen molar-refractivity contribution in [2.75, 3.05) is 6.54 Å². The van der Waals surface area contributed by atoms with E-state index in [2.05, 4.69) is 0 Å². The van der Waals surface area contributed by atoms with Crippen LogP contribution in [0.3, 0.4) is 0 Å². The van der Waals surface area contributed by atoms with Gasteiger partial charge < -0.3 is 5.11 Å². The first kappa shape index (κ1) is 15.9. The first-order valence-electron chi connectivity index (χ1n) is 6.79. The largest absolute Gasteiger partial charge is 0.481 e. The Morgan fingerprint density at radius 1 is 1.48 bits per heavy atom. The lowest BCUT2D eigenvalue weighted by molar-refractivity contribution is -0.142. The Morgan fingerprint density at radius 3 is 2.67 bits per heavy atom. The number of carbonyl (C=O) groups is 1. The molecule has 0 saturated carbocycles. The highest BCUT2D eigenvalue weighted by Crippen LogP contribution is 2.32.